The average Bonchev–Trinajstić information content (AvgIpc) is 2.76. The maximum atomic E-state index is 9.93. The van der Waals surface area contributed by atoms with Crippen molar-refractivity contribution in [2.24, 2.45) is 0 Å². The average molecular weight is 243 g/mol. The predicted octanol–water partition coefficient (Wildman–Crippen LogP) is 2.61. The lowest BCUT2D eigenvalue weighted by Gasteiger charge is -2.16. The Hall–Kier alpha value is -1.74. The first-order valence-corrected chi connectivity index (χ1v) is 6.37. The Morgan fingerprint density at radius 1 is 1.17 bits per heavy atom. The van der Waals surface area contributed by atoms with E-state index in [1.807, 2.05) is 18.3 Å². The maximum absolute atomic E-state index is 9.93. The summed E-state index contributed by atoms with van der Waals surface area (Å²) in [4.78, 5) is 0. The number of nitrogens with zero attached hydrogens (tertiary/aromatic N) is 1. The molecule has 0 saturated heterocycles. The van der Waals surface area contributed by atoms with E-state index in [0.29, 0.717) is 5.75 Å². The van der Waals surface area contributed by atoms with Crippen LogP contribution in [0, 0.1) is 0 Å². The fourth-order valence-electron chi connectivity index (χ4n) is 2.63. The molecular formula is C15H17NO2. The molecule has 1 aliphatic carbocycles. The van der Waals surface area contributed by atoms with Gasteiger partial charge in [-0.3, -0.25) is 0 Å². The lowest BCUT2D eigenvalue weighted by molar-refractivity contribution is 0.157. The summed E-state index contributed by atoms with van der Waals surface area (Å²) in [5.41, 5.74) is 3.50. The molecule has 1 heterocycles. The number of phenols is 1. The van der Waals surface area contributed by atoms with E-state index in [2.05, 4.69) is 10.8 Å². The fourth-order valence-corrected chi connectivity index (χ4v) is 2.63. The van der Waals surface area contributed by atoms with Crippen LogP contribution >= 0.6 is 0 Å². The lowest BCUT2D eigenvalue weighted by atomic mass is 9.93. The normalized spacial score (nSPS) is 18.6. The Labute approximate surface area is 106 Å². The van der Waals surface area contributed by atoms with Gasteiger partial charge >= 0.3 is 0 Å². The zero-order chi connectivity index (χ0) is 12.5. The molecule has 3 heteroatoms. The second kappa shape index (κ2) is 4.50. The molecule has 94 valence electrons. The monoisotopic (exact) mass is 243 g/mol. The summed E-state index contributed by atoms with van der Waals surface area (Å²) in [6.45, 7) is 0.778. The Morgan fingerprint density at radius 2 is 1.94 bits per heavy atom. The summed E-state index contributed by atoms with van der Waals surface area (Å²) in [5, 5.41) is 19.2. The molecule has 2 N–H and O–H groups in total. The van der Waals surface area contributed by atoms with Gasteiger partial charge < -0.3 is 14.8 Å². The standard InChI is InChI=1S/C15H17NO2/c17-13-6-4-11(5-7-13)8-16-9-12-2-1-3-15(18)14(12)10-16/h4-7,9-10,15,17-18H,1-3,8H2. The van der Waals surface area contributed by atoms with Gasteiger partial charge in [-0.15, -0.1) is 0 Å². The largest absolute Gasteiger partial charge is 0.508 e. The molecule has 1 atom stereocenters. The van der Waals surface area contributed by atoms with Crippen LogP contribution < -0.4 is 0 Å². The predicted molar refractivity (Wildman–Crippen MR) is 69.5 cm³/mol. The number of phenolic OH excluding ortho intramolecular Hbond substituents is 1. The smallest absolute Gasteiger partial charge is 0.115 e. The first-order valence-electron chi connectivity index (χ1n) is 6.37. The highest BCUT2D eigenvalue weighted by Gasteiger charge is 2.19. The van der Waals surface area contributed by atoms with Gasteiger partial charge in [0.05, 0.1) is 6.10 Å². The van der Waals surface area contributed by atoms with Crippen molar-refractivity contribution in [3.8, 4) is 5.75 Å². The number of aryl methyl sites for hydroxylation is 1. The highest BCUT2D eigenvalue weighted by molar-refractivity contribution is 5.31. The third-order valence-electron chi connectivity index (χ3n) is 3.58. The molecule has 1 unspecified atom stereocenters. The Kier molecular flexibility index (Phi) is 2.84. The summed E-state index contributed by atoms with van der Waals surface area (Å²) in [6.07, 6.45) is 6.88. The highest BCUT2D eigenvalue weighted by atomic mass is 16.3. The lowest BCUT2D eigenvalue weighted by Crippen LogP contribution is -2.05. The number of aliphatic hydroxyl groups is 1. The van der Waals surface area contributed by atoms with Crippen molar-refractivity contribution < 1.29 is 10.2 Å². The van der Waals surface area contributed by atoms with Crippen LogP contribution in [0.4, 0.5) is 0 Å². The molecule has 1 aliphatic rings. The molecule has 0 bridgehead atoms. The molecule has 0 amide bonds. The zero-order valence-corrected chi connectivity index (χ0v) is 10.2. The number of hydrogen-bond donors (Lipinski definition) is 2. The van der Waals surface area contributed by atoms with Crippen molar-refractivity contribution in [2.45, 2.75) is 31.9 Å². The van der Waals surface area contributed by atoms with Gasteiger partial charge in [-0.05, 0) is 42.5 Å². The fraction of sp³-hybridized carbons (Fsp3) is 0.333. The van der Waals surface area contributed by atoms with Crippen LogP contribution in [0.15, 0.2) is 36.7 Å². The summed E-state index contributed by atoms with van der Waals surface area (Å²) in [5.74, 6) is 0.293. The van der Waals surface area contributed by atoms with Gasteiger partial charge in [-0.1, -0.05) is 12.1 Å². The van der Waals surface area contributed by atoms with Gasteiger partial charge in [0.25, 0.3) is 0 Å². The van der Waals surface area contributed by atoms with Crippen molar-refractivity contribution in [1.82, 2.24) is 4.57 Å². The number of aliphatic hydroxyl groups excluding tert-OH is 1. The Balaban J connectivity index is 1.83. The van der Waals surface area contributed by atoms with Gasteiger partial charge in [0.1, 0.15) is 5.75 Å². The number of fused-ring (bicyclic) bond motifs is 1. The van der Waals surface area contributed by atoms with Crippen molar-refractivity contribution >= 4 is 0 Å². The molecule has 3 rings (SSSR count). The highest BCUT2D eigenvalue weighted by Crippen LogP contribution is 2.30. The van der Waals surface area contributed by atoms with Crippen LogP contribution in [0.25, 0.3) is 0 Å². The zero-order valence-electron chi connectivity index (χ0n) is 10.2. The topological polar surface area (TPSA) is 45.4 Å². The number of aromatic nitrogens is 1. The maximum Gasteiger partial charge on any atom is 0.115 e. The van der Waals surface area contributed by atoms with Gasteiger partial charge in [0, 0.05) is 24.5 Å². The van der Waals surface area contributed by atoms with E-state index in [-0.39, 0.29) is 6.10 Å². The van der Waals surface area contributed by atoms with E-state index in [4.69, 9.17) is 0 Å². The summed E-state index contributed by atoms with van der Waals surface area (Å²) in [6, 6.07) is 7.25. The van der Waals surface area contributed by atoms with E-state index < -0.39 is 0 Å². The number of hydrogen-bond acceptors (Lipinski definition) is 2. The van der Waals surface area contributed by atoms with E-state index in [1.165, 1.54) is 5.56 Å². The van der Waals surface area contributed by atoms with Crippen molar-refractivity contribution in [1.29, 1.82) is 0 Å². The molecule has 1 aromatic heterocycles. The van der Waals surface area contributed by atoms with Crippen LogP contribution in [0.2, 0.25) is 0 Å². The molecule has 0 spiro atoms. The molecular weight excluding hydrogens is 226 g/mol. The molecule has 0 fully saturated rings. The molecule has 3 nitrogen and oxygen atoms in total. The van der Waals surface area contributed by atoms with Gasteiger partial charge in [-0.25, -0.2) is 0 Å². The van der Waals surface area contributed by atoms with Crippen molar-refractivity contribution in [3.05, 3.63) is 53.3 Å². The summed E-state index contributed by atoms with van der Waals surface area (Å²) >= 11 is 0. The quantitative estimate of drug-likeness (QED) is 0.851. The van der Waals surface area contributed by atoms with Crippen LogP contribution in [0.5, 0.6) is 5.75 Å². The first-order chi connectivity index (χ1) is 8.72. The van der Waals surface area contributed by atoms with Crippen LogP contribution in [0.3, 0.4) is 0 Å². The second-order valence-electron chi connectivity index (χ2n) is 4.99. The molecule has 0 aliphatic heterocycles. The summed E-state index contributed by atoms with van der Waals surface area (Å²) < 4.78 is 2.12. The van der Waals surface area contributed by atoms with Gasteiger partial charge in [-0.2, -0.15) is 0 Å². The number of benzene rings is 1. The van der Waals surface area contributed by atoms with E-state index in [0.717, 1.165) is 36.9 Å². The Bertz CT molecular complexity index is 542. The minimum absolute atomic E-state index is 0.293. The van der Waals surface area contributed by atoms with E-state index in [9.17, 15) is 10.2 Å². The Morgan fingerprint density at radius 3 is 2.67 bits per heavy atom. The van der Waals surface area contributed by atoms with E-state index in [1.54, 1.807) is 12.1 Å². The second-order valence-corrected chi connectivity index (χ2v) is 4.99. The van der Waals surface area contributed by atoms with Gasteiger partial charge in [0.2, 0.25) is 0 Å². The van der Waals surface area contributed by atoms with Crippen molar-refractivity contribution in [2.75, 3.05) is 0 Å². The van der Waals surface area contributed by atoms with Gasteiger partial charge in [0.15, 0.2) is 0 Å². The SMILES string of the molecule is Oc1ccc(Cn2cc3c(c2)C(O)CCC3)cc1. The minimum Gasteiger partial charge on any atom is -0.508 e. The third-order valence-corrected chi connectivity index (χ3v) is 3.58. The van der Waals surface area contributed by atoms with Crippen LogP contribution in [-0.2, 0) is 13.0 Å². The molecule has 1 aromatic carbocycles. The van der Waals surface area contributed by atoms with Crippen molar-refractivity contribution in [3.63, 3.8) is 0 Å². The summed E-state index contributed by atoms with van der Waals surface area (Å²) in [7, 11) is 0. The number of rotatable bonds is 2. The first kappa shape index (κ1) is 11.4. The molecule has 2 aromatic rings. The third kappa shape index (κ3) is 2.14. The number of aromatic hydroxyl groups is 1. The van der Waals surface area contributed by atoms with Crippen LogP contribution in [-0.4, -0.2) is 14.8 Å². The van der Waals surface area contributed by atoms with E-state index >= 15 is 0 Å². The van der Waals surface area contributed by atoms with Crippen LogP contribution in [0.1, 0.15) is 35.6 Å². The molecule has 18 heavy (non-hydrogen) atoms. The molecule has 0 radical (unpaired) electrons. The minimum atomic E-state index is -0.296. The molecule has 0 saturated carbocycles.